The van der Waals surface area contributed by atoms with E-state index in [0.29, 0.717) is 17.9 Å². The van der Waals surface area contributed by atoms with Crippen LogP contribution < -0.4 is 5.32 Å². The lowest BCUT2D eigenvalue weighted by atomic mass is 10.1. The Kier molecular flexibility index (Phi) is 3.14. The number of piperazine rings is 1. The Balaban J connectivity index is 2.19. The van der Waals surface area contributed by atoms with Crippen LogP contribution in [0.4, 0.5) is 4.39 Å². The van der Waals surface area contributed by atoms with Gasteiger partial charge >= 0.3 is 0 Å². The van der Waals surface area contributed by atoms with E-state index in [0.717, 1.165) is 6.54 Å². The fourth-order valence-electron chi connectivity index (χ4n) is 1.75. The molecule has 1 saturated heterocycles. The Hall–Kier alpha value is -1.82. The van der Waals surface area contributed by atoms with Gasteiger partial charge in [0.25, 0.3) is 0 Å². The van der Waals surface area contributed by atoms with E-state index in [1.54, 1.807) is 4.90 Å². The van der Waals surface area contributed by atoms with Gasteiger partial charge in [-0.25, -0.2) is 4.98 Å². The fourth-order valence-corrected chi connectivity index (χ4v) is 1.75. The molecule has 5 nitrogen and oxygen atoms in total. The molecule has 2 rings (SSSR count). The molecule has 1 unspecified atom stereocenters. The van der Waals surface area contributed by atoms with Gasteiger partial charge in [-0.3, -0.25) is 10.8 Å². The van der Waals surface area contributed by atoms with Gasteiger partial charge in [0.15, 0.2) is 0 Å². The minimum Gasteiger partial charge on any atom is -0.312 e. The Morgan fingerprint density at radius 1 is 1.59 bits per heavy atom. The van der Waals surface area contributed by atoms with E-state index in [1.807, 2.05) is 6.92 Å². The molecule has 3 N–H and O–H groups in total. The first-order valence-corrected chi connectivity index (χ1v) is 5.39. The second kappa shape index (κ2) is 4.58. The summed E-state index contributed by atoms with van der Waals surface area (Å²) in [5, 5.41) is 19.1. The second-order valence-electron chi connectivity index (χ2n) is 3.93. The van der Waals surface area contributed by atoms with Gasteiger partial charge in [-0.2, -0.15) is 4.39 Å². The Bertz CT molecular complexity index is 442. The van der Waals surface area contributed by atoms with Crippen molar-refractivity contribution in [2.45, 2.75) is 13.0 Å². The largest absolute Gasteiger partial charge is 0.312 e. The van der Waals surface area contributed by atoms with E-state index >= 15 is 0 Å². The first-order valence-electron chi connectivity index (χ1n) is 5.39. The normalized spacial score (nSPS) is 20.5. The number of rotatable bonds is 1. The molecule has 0 radical (unpaired) electrons. The third kappa shape index (κ3) is 2.31. The zero-order valence-corrected chi connectivity index (χ0v) is 9.50. The number of pyridine rings is 1. The van der Waals surface area contributed by atoms with Crippen molar-refractivity contribution in [3.05, 3.63) is 29.8 Å². The van der Waals surface area contributed by atoms with E-state index in [1.165, 1.54) is 18.3 Å². The highest BCUT2D eigenvalue weighted by Crippen LogP contribution is 2.08. The zero-order valence-electron chi connectivity index (χ0n) is 9.50. The molecule has 90 valence electrons. The van der Waals surface area contributed by atoms with Crippen LogP contribution in [0.25, 0.3) is 0 Å². The summed E-state index contributed by atoms with van der Waals surface area (Å²) < 4.78 is 12.7. The summed E-state index contributed by atoms with van der Waals surface area (Å²) in [6, 6.07) is 2.65. The molecule has 0 amide bonds. The van der Waals surface area contributed by atoms with E-state index in [2.05, 4.69) is 10.3 Å². The maximum atomic E-state index is 12.7. The molecular formula is C11H14FN5. The van der Waals surface area contributed by atoms with Crippen molar-refractivity contribution in [3.63, 3.8) is 0 Å². The van der Waals surface area contributed by atoms with Crippen molar-refractivity contribution in [1.82, 2.24) is 15.2 Å². The topological polar surface area (TPSA) is 75.9 Å². The average Bonchev–Trinajstić information content (AvgIpc) is 2.33. The highest BCUT2D eigenvalue weighted by Gasteiger charge is 2.24. The summed E-state index contributed by atoms with van der Waals surface area (Å²) in [4.78, 5) is 5.13. The molecule has 1 atom stereocenters. The van der Waals surface area contributed by atoms with Crippen LogP contribution in [0.2, 0.25) is 0 Å². The van der Waals surface area contributed by atoms with Crippen molar-refractivity contribution in [3.8, 4) is 0 Å². The summed E-state index contributed by atoms with van der Waals surface area (Å²) in [6.45, 7) is 3.17. The van der Waals surface area contributed by atoms with Crippen LogP contribution >= 0.6 is 0 Å². The smallest absolute Gasteiger partial charge is 0.212 e. The summed E-state index contributed by atoms with van der Waals surface area (Å²) in [5.74, 6) is -0.0215. The second-order valence-corrected chi connectivity index (χ2v) is 3.93. The third-order valence-corrected chi connectivity index (χ3v) is 2.76. The highest BCUT2D eigenvalue weighted by atomic mass is 19.1. The predicted molar refractivity (Wildman–Crippen MR) is 62.9 cm³/mol. The molecular weight excluding hydrogens is 221 g/mol. The molecule has 0 saturated carbocycles. The molecule has 1 aromatic rings. The number of nitrogens with one attached hydrogen (secondary N) is 3. The quantitative estimate of drug-likeness (QED) is 0.383. The lowest BCUT2D eigenvalue weighted by Crippen LogP contribution is -2.55. The number of hydrogen-bond acceptors (Lipinski definition) is 4. The Labute approximate surface area is 98.7 Å². The Morgan fingerprint density at radius 3 is 3.00 bits per heavy atom. The van der Waals surface area contributed by atoms with Crippen LogP contribution in [0.1, 0.15) is 12.5 Å². The zero-order chi connectivity index (χ0) is 12.4. The van der Waals surface area contributed by atoms with Crippen LogP contribution in [0.5, 0.6) is 0 Å². The molecule has 1 aromatic heterocycles. The molecule has 1 aliphatic rings. The minimum atomic E-state index is -0.565. The van der Waals surface area contributed by atoms with Crippen LogP contribution in [-0.2, 0) is 0 Å². The number of nitrogens with zero attached hydrogens (tertiary/aromatic N) is 2. The number of halogens is 1. The molecule has 0 aromatic carbocycles. The lowest BCUT2D eigenvalue weighted by Gasteiger charge is -2.34. The van der Waals surface area contributed by atoms with Crippen molar-refractivity contribution < 1.29 is 4.39 Å². The number of hydrogen-bond donors (Lipinski definition) is 3. The standard InChI is InChI=1S/C11H14FN5/c1-7-10(13)17(5-4-15-7)11(14)8-2-3-9(12)16-6-8/h2-3,6-7,13-15H,4-5H2,1H3. The van der Waals surface area contributed by atoms with Gasteiger partial charge in [0.2, 0.25) is 5.95 Å². The van der Waals surface area contributed by atoms with Crippen LogP contribution in [-0.4, -0.2) is 40.7 Å². The lowest BCUT2D eigenvalue weighted by molar-refractivity contribution is 0.463. The van der Waals surface area contributed by atoms with Crippen LogP contribution in [0, 0.1) is 16.8 Å². The first kappa shape index (κ1) is 11.7. The van der Waals surface area contributed by atoms with Gasteiger partial charge in [-0.05, 0) is 19.1 Å². The maximum absolute atomic E-state index is 12.7. The van der Waals surface area contributed by atoms with E-state index in [4.69, 9.17) is 10.8 Å². The third-order valence-electron chi connectivity index (χ3n) is 2.76. The molecule has 0 aliphatic carbocycles. The highest BCUT2D eigenvalue weighted by molar-refractivity contribution is 6.08. The molecule has 2 heterocycles. The van der Waals surface area contributed by atoms with Crippen LogP contribution in [0.3, 0.4) is 0 Å². The molecule has 17 heavy (non-hydrogen) atoms. The SMILES string of the molecule is CC1NCCN(C(=N)c2ccc(F)nc2)C1=N. The molecule has 1 fully saturated rings. The summed E-state index contributed by atoms with van der Waals surface area (Å²) in [5.41, 5.74) is 0.519. The van der Waals surface area contributed by atoms with Crippen molar-refractivity contribution in [1.29, 1.82) is 10.8 Å². The minimum absolute atomic E-state index is 0.0718. The molecule has 0 spiro atoms. The summed E-state index contributed by atoms with van der Waals surface area (Å²) in [7, 11) is 0. The van der Waals surface area contributed by atoms with E-state index in [9.17, 15) is 4.39 Å². The van der Waals surface area contributed by atoms with Gasteiger partial charge < -0.3 is 10.2 Å². The number of amidine groups is 2. The van der Waals surface area contributed by atoms with Gasteiger partial charge in [0.1, 0.15) is 11.7 Å². The van der Waals surface area contributed by atoms with Gasteiger partial charge in [0.05, 0.1) is 6.04 Å². The van der Waals surface area contributed by atoms with Crippen molar-refractivity contribution in [2.75, 3.05) is 13.1 Å². The summed E-state index contributed by atoms with van der Waals surface area (Å²) >= 11 is 0. The van der Waals surface area contributed by atoms with E-state index in [-0.39, 0.29) is 11.9 Å². The first-order chi connectivity index (χ1) is 8.09. The van der Waals surface area contributed by atoms with Crippen molar-refractivity contribution in [2.24, 2.45) is 0 Å². The molecule has 1 aliphatic heterocycles. The fraction of sp³-hybridized carbons (Fsp3) is 0.364. The van der Waals surface area contributed by atoms with Gasteiger partial charge in [-0.15, -0.1) is 0 Å². The molecule has 6 heteroatoms. The Morgan fingerprint density at radius 2 is 2.35 bits per heavy atom. The molecule has 0 bridgehead atoms. The van der Waals surface area contributed by atoms with E-state index < -0.39 is 5.95 Å². The summed E-state index contributed by atoms with van der Waals surface area (Å²) in [6.07, 6.45) is 1.32. The van der Waals surface area contributed by atoms with Gasteiger partial charge in [0, 0.05) is 24.8 Å². The van der Waals surface area contributed by atoms with Crippen LogP contribution in [0.15, 0.2) is 18.3 Å². The monoisotopic (exact) mass is 235 g/mol. The van der Waals surface area contributed by atoms with Gasteiger partial charge in [-0.1, -0.05) is 0 Å². The predicted octanol–water partition coefficient (Wildman–Crippen LogP) is 0.817. The maximum Gasteiger partial charge on any atom is 0.212 e. The average molecular weight is 235 g/mol. The van der Waals surface area contributed by atoms with Crippen molar-refractivity contribution >= 4 is 11.7 Å². The number of aromatic nitrogens is 1.